The highest BCUT2D eigenvalue weighted by Crippen LogP contribution is 2.24. The summed E-state index contributed by atoms with van der Waals surface area (Å²) in [4.78, 5) is 14.0. The Bertz CT molecular complexity index is 444. The Morgan fingerprint density at radius 1 is 1.52 bits per heavy atom. The second kappa shape index (κ2) is 8.39. The van der Waals surface area contributed by atoms with Crippen molar-refractivity contribution in [2.75, 3.05) is 20.1 Å². The lowest BCUT2D eigenvalue weighted by Gasteiger charge is -2.29. The van der Waals surface area contributed by atoms with Crippen LogP contribution in [0.1, 0.15) is 37.6 Å². The molecule has 1 aromatic rings. The van der Waals surface area contributed by atoms with E-state index < -0.39 is 0 Å². The zero-order valence-corrected chi connectivity index (χ0v) is 13.9. The fraction of sp³-hybridized carbons (Fsp3) is 0.733. The number of hydrogen-bond acceptors (Lipinski definition) is 4. The zero-order valence-electron chi connectivity index (χ0n) is 13.1. The van der Waals surface area contributed by atoms with Crippen LogP contribution in [0.25, 0.3) is 0 Å². The molecule has 2 rings (SSSR count). The van der Waals surface area contributed by atoms with Crippen LogP contribution in [-0.2, 0) is 11.3 Å². The molecule has 0 spiro atoms. The van der Waals surface area contributed by atoms with Gasteiger partial charge >= 0.3 is 0 Å². The minimum Gasteiger partial charge on any atom is -0.361 e. The van der Waals surface area contributed by atoms with Gasteiger partial charge < -0.3 is 14.7 Å². The lowest BCUT2D eigenvalue weighted by molar-refractivity contribution is -0.131. The number of hydrogen-bond donors (Lipinski definition) is 1. The van der Waals surface area contributed by atoms with Gasteiger partial charge in [-0.1, -0.05) is 12.1 Å². The number of nitrogens with one attached hydrogen (secondary N) is 1. The van der Waals surface area contributed by atoms with Crippen LogP contribution in [0.5, 0.6) is 0 Å². The summed E-state index contributed by atoms with van der Waals surface area (Å²) in [5, 5.41) is 7.30. The summed E-state index contributed by atoms with van der Waals surface area (Å²) in [6.45, 7) is 6.74. The van der Waals surface area contributed by atoms with E-state index in [1.807, 2.05) is 20.0 Å². The smallest absolute Gasteiger partial charge is 0.222 e. The Labute approximate surface area is 132 Å². The van der Waals surface area contributed by atoms with Gasteiger partial charge in [-0.2, -0.15) is 0 Å². The first-order chi connectivity index (χ1) is 9.56. The van der Waals surface area contributed by atoms with Crippen molar-refractivity contribution < 1.29 is 9.32 Å². The molecule has 0 aromatic carbocycles. The highest BCUT2D eigenvalue weighted by atomic mass is 35.5. The average molecular weight is 316 g/mol. The summed E-state index contributed by atoms with van der Waals surface area (Å²) in [6, 6.07) is 1.88. The molecule has 0 saturated carbocycles. The molecule has 21 heavy (non-hydrogen) atoms. The van der Waals surface area contributed by atoms with Crippen molar-refractivity contribution >= 4 is 18.3 Å². The molecule has 120 valence electrons. The van der Waals surface area contributed by atoms with Gasteiger partial charge in [-0.3, -0.25) is 4.79 Å². The standard InChI is InChI=1S/C15H25N3O2.ClH/c1-11(13-4-6-16-7-5-13)8-15(19)18(3)10-14-9-12(2)20-17-14;/h9,11,13,16H,4-8,10H2,1-3H3;1H. The lowest BCUT2D eigenvalue weighted by atomic mass is 9.84. The number of carbonyl (C=O) groups excluding carboxylic acids is 1. The van der Waals surface area contributed by atoms with E-state index in [-0.39, 0.29) is 18.3 Å². The molecule has 0 bridgehead atoms. The topological polar surface area (TPSA) is 58.4 Å². The van der Waals surface area contributed by atoms with Crippen LogP contribution >= 0.6 is 12.4 Å². The number of carbonyl (C=O) groups is 1. The van der Waals surface area contributed by atoms with Gasteiger partial charge in [0.1, 0.15) is 11.5 Å². The monoisotopic (exact) mass is 315 g/mol. The molecular weight excluding hydrogens is 290 g/mol. The van der Waals surface area contributed by atoms with Gasteiger partial charge in [0, 0.05) is 19.5 Å². The van der Waals surface area contributed by atoms with E-state index in [1.165, 1.54) is 12.8 Å². The maximum atomic E-state index is 12.3. The van der Waals surface area contributed by atoms with E-state index >= 15 is 0 Å². The van der Waals surface area contributed by atoms with Crippen LogP contribution in [-0.4, -0.2) is 36.1 Å². The molecule has 1 aliphatic heterocycles. The van der Waals surface area contributed by atoms with E-state index in [9.17, 15) is 4.79 Å². The summed E-state index contributed by atoms with van der Waals surface area (Å²) in [7, 11) is 1.83. The molecule has 1 aliphatic rings. The second-order valence-electron chi connectivity index (χ2n) is 5.95. The van der Waals surface area contributed by atoms with Gasteiger partial charge in [-0.05, 0) is 44.7 Å². The number of amides is 1. The van der Waals surface area contributed by atoms with Gasteiger partial charge in [-0.15, -0.1) is 12.4 Å². The van der Waals surface area contributed by atoms with E-state index in [4.69, 9.17) is 4.52 Å². The maximum Gasteiger partial charge on any atom is 0.222 e. The Morgan fingerprint density at radius 3 is 2.76 bits per heavy atom. The maximum absolute atomic E-state index is 12.3. The molecule has 5 nitrogen and oxygen atoms in total. The predicted octanol–water partition coefficient (Wildman–Crippen LogP) is 2.39. The Balaban J connectivity index is 0.00000220. The molecule has 1 aromatic heterocycles. The third-order valence-corrected chi connectivity index (χ3v) is 4.19. The van der Waals surface area contributed by atoms with Crippen molar-refractivity contribution in [3.8, 4) is 0 Å². The van der Waals surface area contributed by atoms with Crippen LogP contribution < -0.4 is 5.32 Å². The summed E-state index contributed by atoms with van der Waals surface area (Å²) in [6.07, 6.45) is 2.99. The van der Waals surface area contributed by atoms with Crippen LogP contribution in [0.3, 0.4) is 0 Å². The molecule has 0 radical (unpaired) electrons. The SMILES string of the molecule is Cc1cc(CN(C)C(=O)CC(C)C2CCNCC2)no1.Cl. The van der Waals surface area contributed by atoms with E-state index in [1.54, 1.807) is 4.90 Å². The van der Waals surface area contributed by atoms with Gasteiger partial charge in [0.25, 0.3) is 0 Å². The number of aromatic nitrogens is 1. The molecule has 6 heteroatoms. The first kappa shape index (κ1) is 18.0. The summed E-state index contributed by atoms with van der Waals surface area (Å²) < 4.78 is 5.03. The second-order valence-corrected chi connectivity index (χ2v) is 5.95. The van der Waals surface area contributed by atoms with Crippen molar-refractivity contribution in [1.82, 2.24) is 15.4 Å². The minimum atomic E-state index is 0. The largest absolute Gasteiger partial charge is 0.361 e. The fourth-order valence-corrected chi connectivity index (χ4v) is 2.83. The summed E-state index contributed by atoms with van der Waals surface area (Å²) >= 11 is 0. The normalized spacial score (nSPS) is 17.1. The summed E-state index contributed by atoms with van der Waals surface area (Å²) in [5.74, 6) is 2.09. The quantitative estimate of drug-likeness (QED) is 0.906. The van der Waals surface area contributed by atoms with Gasteiger partial charge in [0.15, 0.2) is 0 Å². The number of aryl methyl sites for hydroxylation is 1. The van der Waals surface area contributed by atoms with Crippen molar-refractivity contribution in [2.24, 2.45) is 11.8 Å². The molecule has 1 N–H and O–H groups in total. The highest BCUT2D eigenvalue weighted by molar-refractivity contribution is 5.85. The number of nitrogens with zero attached hydrogens (tertiary/aromatic N) is 2. The molecule has 1 unspecified atom stereocenters. The van der Waals surface area contributed by atoms with Crippen molar-refractivity contribution in [3.63, 3.8) is 0 Å². The van der Waals surface area contributed by atoms with Gasteiger partial charge in [0.2, 0.25) is 5.91 Å². The van der Waals surface area contributed by atoms with Crippen molar-refractivity contribution in [2.45, 2.75) is 39.7 Å². The van der Waals surface area contributed by atoms with Gasteiger partial charge in [0.05, 0.1) is 6.54 Å². The molecular formula is C15H26ClN3O2. The lowest BCUT2D eigenvalue weighted by Crippen LogP contribution is -2.34. The average Bonchev–Trinajstić information content (AvgIpc) is 2.85. The number of halogens is 1. The number of piperidine rings is 1. The summed E-state index contributed by atoms with van der Waals surface area (Å²) in [5.41, 5.74) is 0.813. The molecule has 0 aliphatic carbocycles. The molecule has 1 fully saturated rings. The molecule has 1 saturated heterocycles. The van der Waals surface area contributed by atoms with E-state index in [2.05, 4.69) is 17.4 Å². The minimum absolute atomic E-state index is 0. The van der Waals surface area contributed by atoms with E-state index in [0.29, 0.717) is 24.8 Å². The van der Waals surface area contributed by atoms with E-state index in [0.717, 1.165) is 24.5 Å². The zero-order chi connectivity index (χ0) is 14.5. The third kappa shape index (κ3) is 5.32. The van der Waals surface area contributed by atoms with Crippen LogP contribution in [0, 0.1) is 18.8 Å². The molecule has 1 amide bonds. The predicted molar refractivity (Wildman–Crippen MR) is 84.3 cm³/mol. The molecule has 2 heterocycles. The highest BCUT2D eigenvalue weighted by Gasteiger charge is 2.23. The Hall–Kier alpha value is -1.07. The molecule has 1 atom stereocenters. The van der Waals surface area contributed by atoms with Crippen LogP contribution in [0.15, 0.2) is 10.6 Å². The van der Waals surface area contributed by atoms with Crippen molar-refractivity contribution in [3.05, 3.63) is 17.5 Å². The van der Waals surface area contributed by atoms with Crippen molar-refractivity contribution in [1.29, 1.82) is 0 Å². The van der Waals surface area contributed by atoms with Gasteiger partial charge in [-0.25, -0.2) is 0 Å². The fourth-order valence-electron chi connectivity index (χ4n) is 2.83. The Kier molecular flexibility index (Phi) is 7.18. The number of rotatable bonds is 5. The first-order valence-corrected chi connectivity index (χ1v) is 7.43. The third-order valence-electron chi connectivity index (χ3n) is 4.19. The van der Waals surface area contributed by atoms with Crippen LogP contribution in [0.4, 0.5) is 0 Å². The first-order valence-electron chi connectivity index (χ1n) is 7.43. The Morgan fingerprint density at radius 2 is 2.19 bits per heavy atom. The van der Waals surface area contributed by atoms with Crippen LogP contribution in [0.2, 0.25) is 0 Å².